The Kier molecular flexibility index (Phi) is 7.69. The maximum atomic E-state index is 13.7. The van der Waals surface area contributed by atoms with Crippen molar-refractivity contribution in [2.24, 2.45) is 0 Å². The Morgan fingerprint density at radius 1 is 0.893 bits per heavy atom. The van der Waals surface area contributed by atoms with E-state index in [9.17, 15) is 19.6 Å². The second-order valence-corrected chi connectivity index (χ2v) is 10.5. The van der Waals surface area contributed by atoms with E-state index in [2.05, 4.69) is 0 Å². The highest BCUT2D eigenvalue weighted by Crippen LogP contribution is 2.49. The highest BCUT2D eigenvalue weighted by molar-refractivity contribution is 7.67. The van der Waals surface area contributed by atoms with Crippen molar-refractivity contribution in [2.75, 3.05) is 6.16 Å². The topological polar surface area (TPSA) is 93.1 Å². The first-order valence-electron chi connectivity index (χ1n) is 10.3. The fourth-order valence-corrected chi connectivity index (χ4v) is 6.22. The van der Waals surface area contributed by atoms with Gasteiger partial charge in [-0.1, -0.05) is 18.2 Å². The molecule has 1 unspecified atom stereocenters. The lowest BCUT2D eigenvalue weighted by molar-refractivity contribution is -0.151. The quantitative estimate of drug-likeness (QED) is 0.530. The Labute approximate surface area is 166 Å². The van der Waals surface area contributed by atoms with Crippen LogP contribution in [0.25, 0.3) is 0 Å². The molecular weight excluding hydrogens is 379 g/mol. The predicted molar refractivity (Wildman–Crippen MR) is 107 cm³/mol. The van der Waals surface area contributed by atoms with Crippen molar-refractivity contribution >= 4 is 18.6 Å². The zero-order valence-corrected chi connectivity index (χ0v) is 17.1. The van der Waals surface area contributed by atoms with Gasteiger partial charge in [0.15, 0.2) is 0 Å². The molecule has 0 spiro atoms. The van der Waals surface area contributed by atoms with Gasteiger partial charge in [-0.05, 0) is 63.5 Å². The second-order valence-electron chi connectivity index (χ2n) is 7.94. The van der Waals surface area contributed by atoms with Gasteiger partial charge in [0.05, 0.1) is 24.7 Å². The molecule has 0 radical (unpaired) electrons. The Morgan fingerprint density at radius 3 is 2.00 bits per heavy atom. The Hall–Kier alpha value is -1.20. The van der Waals surface area contributed by atoms with Crippen molar-refractivity contribution in [3.8, 4) is 0 Å². The summed E-state index contributed by atoms with van der Waals surface area (Å²) in [4.78, 5) is 12.3. The van der Waals surface area contributed by atoms with E-state index in [-0.39, 0.29) is 43.0 Å². The van der Waals surface area contributed by atoms with Gasteiger partial charge in [0.2, 0.25) is 7.37 Å². The van der Waals surface area contributed by atoms with Crippen LogP contribution in [0.4, 0.5) is 0 Å². The third-order valence-electron chi connectivity index (χ3n) is 5.66. The lowest BCUT2D eigenvalue weighted by atomic mass is 9.95. The maximum absolute atomic E-state index is 13.7. The molecule has 0 bridgehead atoms. The molecular formula is C21H31O6P. The molecule has 0 aliphatic heterocycles. The molecule has 1 atom stereocenters. The molecule has 1 aromatic rings. The molecule has 6 nitrogen and oxygen atoms in total. The van der Waals surface area contributed by atoms with E-state index in [1.54, 1.807) is 12.1 Å². The minimum absolute atomic E-state index is 0.0422. The molecule has 0 aromatic heterocycles. The monoisotopic (exact) mass is 410 g/mol. The molecule has 3 rings (SSSR count). The standard InChI is InChI=1S/C21H31O6P/c22-16-6-10-18(11-7-16)26-21(24)14-15-28(25,20-4-2-1-3-5-20)27-19-12-8-17(23)9-13-19/h1-5,16-19,22-23H,6-15H2. The average Bonchev–Trinajstić information content (AvgIpc) is 2.71. The maximum Gasteiger partial charge on any atom is 0.306 e. The van der Waals surface area contributed by atoms with Gasteiger partial charge >= 0.3 is 5.97 Å². The summed E-state index contributed by atoms with van der Waals surface area (Å²) in [6.07, 6.45) is 4.52. The summed E-state index contributed by atoms with van der Waals surface area (Å²) in [5.41, 5.74) is 0. The van der Waals surface area contributed by atoms with E-state index in [1.807, 2.05) is 18.2 Å². The van der Waals surface area contributed by atoms with Gasteiger partial charge in [-0.25, -0.2) is 0 Å². The van der Waals surface area contributed by atoms with Crippen LogP contribution < -0.4 is 5.30 Å². The van der Waals surface area contributed by atoms with E-state index in [1.165, 1.54) is 0 Å². The van der Waals surface area contributed by atoms with Crippen molar-refractivity contribution in [1.82, 2.24) is 0 Å². The fourth-order valence-electron chi connectivity index (χ4n) is 3.94. The number of hydrogen-bond acceptors (Lipinski definition) is 6. The first-order valence-corrected chi connectivity index (χ1v) is 12.1. The summed E-state index contributed by atoms with van der Waals surface area (Å²) in [7, 11) is -3.20. The molecule has 0 saturated heterocycles. The van der Waals surface area contributed by atoms with Crippen LogP contribution in [0.1, 0.15) is 57.8 Å². The summed E-state index contributed by atoms with van der Waals surface area (Å²) >= 11 is 0. The number of aliphatic hydroxyl groups is 2. The second kappa shape index (κ2) is 10.0. The van der Waals surface area contributed by atoms with E-state index < -0.39 is 7.37 Å². The highest BCUT2D eigenvalue weighted by atomic mass is 31.2. The largest absolute Gasteiger partial charge is 0.462 e. The minimum Gasteiger partial charge on any atom is -0.462 e. The zero-order valence-electron chi connectivity index (χ0n) is 16.2. The smallest absolute Gasteiger partial charge is 0.306 e. The Bertz CT molecular complexity index is 663. The van der Waals surface area contributed by atoms with E-state index in [0.29, 0.717) is 56.7 Å². The first-order chi connectivity index (χ1) is 13.4. The van der Waals surface area contributed by atoms with Crippen LogP contribution in [0.3, 0.4) is 0 Å². The van der Waals surface area contributed by atoms with Crippen LogP contribution in [0, 0.1) is 0 Å². The minimum atomic E-state index is -3.20. The number of hydrogen-bond donors (Lipinski definition) is 2. The Balaban J connectivity index is 1.59. The van der Waals surface area contributed by atoms with Gasteiger partial charge in [-0.15, -0.1) is 0 Å². The average molecular weight is 410 g/mol. The number of carbonyl (C=O) groups is 1. The molecule has 156 valence electrons. The number of ether oxygens (including phenoxy) is 1. The number of benzene rings is 1. The van der Waals surface area contributed by atoms with Crippen LogP contribution in [-0.2, 0) is 18.6 Å². The SMILES string of the molecule is O=C(CCP(=O)(OC1CCC(O)CC1)c1ccccc1)OC1CCC(O)CC1. The summed E-state index contributed by atoms with van der Waals surface area (Å²) in [5.74, 6) is -0.361. The summed E-state index contributed by atoms with van der Waals surface area (Å²) in [5, 5.41) is 19.9. The summed E-state index contributed by atoms with van der Waals surface area (Å²) in [6.45, 7) is 0. The molecule has 2 aliphatic carbocycles. The van der Waals surface area contributed by atoms with Crippen LogP contribution in [0.2, 0.25) is 0 Å². The van der Waals surface area contributed by atoms with Crippen molar-refractivity contribution in [1.29, 1.82) is 0 Å². The third-order valence-corrected chi connectivity index (χ3v) is 8.20. The molecule has 0 amide bonds. The number of rotatable bonds is 7. The zero-order chi connectivity index (χ0) is 20.0. The first kappa shape index (κ1) is 21.5. The summed E-state index contributed by atoms with van der Waals surface area (Å²) < 4.78 is 25.3. The van der Waals surface area contributed by atoms with Gasteiger partial charge < -0.3 is 19.5 Å². The van der Waals surface area contributed by atoms with Crippen LogP contribution in [0.15, 0.2) is 30.3 Å². The predicted octanol–water partition coefficient (Wildman–Crippen LogP) is 3.15. The van der Waals surface area contributed by atoms with E-state index >= 15 is 0 Å². The van der Waals surface area contributed by atoms with Crippen molar-refractivity contribution in [3.63, 3.8) is 0 Å². The lowest BCUT2D eigenvalue weighted by Gasteiger charge is -2.30. The molecule has 1 aromatic carbocycles. The molecule has 2 saturated carbocycles. The molecule has 2 aliphatic rings. The Morgan fingerprint density at radius 2 is 1.43 bits per heavy atom. The van der Waals surface area contributed by atoms with Crippen LogP contribution in [-0.4, -0.2) is 46.8 Å². The molecule has 28 heavy (non-hydrogen) atoms. The van der Waals surface area contributed by atoms with Gasteiger partial charge in [-0.3, -0.25) is 9.36 Å². The van der Waals surface area contributed by atoms with Crippen molar-refractivity contribution in [2.45, 2.75) is 82.2 Å². The molecule has 7 heteroatoms. The molecule has 2 N–H and O–H groups in total. The van der Waals surface area contributed by atoms with Gasteiger partial charge in [0.1, 0.15) is 6.10 Å². The van der Waals surface area contributed by atoms with Crippen LogP contribution in [0.5, 0.6) is 0 Å². The van der Waals surface area contributed by atoms with Gasteiger partial charge in [0.25, 0.3) is 0 Å². The lowest BCUT2D eigenvalue weighted by Crippen LogP contribution is -2.28. The summed E-state index contributed by atoms with van der Waals surface area (Å²) in [6, 6.07) is 9.07. The normalized spacial score (nSPS) is 30.4. The third kappa shape index (κ3) is 6.15. The molecule has 0 heterocycles. The number of aliphatic hydroxyl groups excluding tert-OH is 2. The van der Waals surface area contributed by atoms with Crippen molar-refractivity contribution < 1.29 is 28.8 Å². The number of esters is 1. The van der Waals surface area contributed by atoms with Crippen molar-refractivity contribution in [3.05, 3.63) is 30.3 Å². The van der Waals surface area contributed by atoms with E-state index in [0.717, 1.165) is 0 Å². The number of carbonyl (C=O) groups excluding carboxylic acids is 1. The van der Waals surface area contributed by atoms with Crippen LogP contribution >= 0.6 is 7.37 Å². The van der Waals surface area contributed by atoms with Gasteiger partial charge in [0, 0.05) is 11.5 Å². The van der Waals surface area contributed by atoms with E-state index in [4.69, 9.17) is 9.26 Å². The molecule has 2 fully saturated rings. The highest BCUT2D eigenvalue weighted by Gasteiger charge is 2.33. The van der Waals surface area contributed by atoms with Gasteiger partial charge in [-0.2, -0.15) is 0 Å². The fraction of sp³-hybridized carbons (Fsp3) is 0.667.